The van der Waals surface area contributed by atoms with Crippen molar-refractivity contribution in [3.63, 3.8) is 0 Å². The van der Waals surface area contributed by atoms with Crippen molar-refractivity contribution < 1.29 is 9.47 Å². The first-order chi connectivity index (χ1) is 10.3. The minimum atomic E-state index is 0.300. The molecule has 0 bridgehead atoms. The Morgan fingerprint density at radius 1 is 1.14 bits per heavy atom. The smallest absolute Gasteiger partial charge is 0.129 e. The molecule has 5 nitrogen and oxygen atoms in total. The average Bonchev–Trinajstić information content (AvgIpc) is 2.92. The van der Waals surface area contributed by atoms with Crippen molar-refractivity contribution in [2.75, 3.05) is 14.2 Å². The molecule has 0 amide bonds. The Balaban J connectivity index is 2.28. The van der Waals surface area contributed by atoms with E-state index >= 15 is 0 Å². The average molecular weight is 304 g/mol. The first-order valence-electron chi connectivity index (χ1n) is 6.37. The van der Waals surface area contributed by atoms with E-state index in [1.54, 1.807) is 26.6 Å². The lowest BCUT2D eigenvalue weighted by molar-refractivity contribution is 0.394. The summed E-state index contributed by atoms with van der Waals surface area (Å²) in [5, 5.41) is 0. The summed E-state index contributed by atoms with van der Waals surface area (Å²) in [5.74, 6) is 2.46. The predicted molar refractivity (Wildman–Crippen MR) is 81.5 cm³/mol. The Labute approximate surface area is 127 Å². The number of aromatic nitrogens is 3. The summed E-state index contributed by atoms with van der Waals surface area (Å²) in [6.45, 7) is 0. The van der Waals surface area contributed by atoms with Crippen LogP contribution in [0.4, 0.5) is 0 Å². The van der Waals surface area contributed by atoms with Gasteiger partial charge < -0.3 is 9.47 Å². The van der Waals surface area contributed by atoms with Gasteiger partial charge in [0.1, 0.15) is 22.8 Å². The molecule has 6 heteroatoms. The number of alkyl halides is 1. The van der Waals surface area contributed by atoms with Gasteiger partial charge in [-0.15, -0.1) is 11.6 Å². The molecule has 0 unspecified atom stereocenters. The number of methoxy groups -OCH3 is 2. The Hall–Kier alpha value is -2.27. The van der Waals surface area contributed by atoms with E-state index in [2.05, 4.69) is 9.97 Å². The Morgan fingerprint density at radius 3 is 2.48 bits per heavy atom. The number of ether oxygens (including phenoxy) is 2. The molecule has 0 aliphatic rings. The first-order valence-corrected chi connectivity index (χ1v) is 6.91. The summed E-state index contributed by atoms with van der Waals surface area (Å²) < 4.78 is 12.6. The fourth-order valence-electron chi connectivity index (χ4n) is 2.28. The van der Waals surface area contributed by atoms with Gasteiger partial charge in [-0.05, 0) is 6.07 Å². The van der Waals surface area contributed by atoms with Crippen LogP contribution in [0.15, 0.2) is 36.7 Å². The number of hydrogen-bond donors (Lipinski definition) is 0. The van der Waals surface area contributed by atoms with Gasteiger partial charge in [-0.1, -0.05) is 0 Å². The minimum Gasteiger partial charge on any atom is -0.497 e. The zero-order valence-corrected chi connectivity index (χ0v) is 12.5. The largest absolute Gasteiger partial charge is 0.497 e. The van der Waals surface area contributed by atoms with E-state index in [0.717, 1.165) is 22.5 Å². The SMILES string of the molecule is COc1cc(OC)cc(-n2c(CCl)nc3cnccc32)c1. The summed E-state index contributed by atoms with van der Waals surface area (Å²) in [6.07, 6.45) is 3.45. The maximum atomic E-state index is 6.03. The van der Waals surface area contributed by atoms with Gasteiger partial charge in [0.2, 0.25) is 0 Å². The fraction of sp³-hybridized carbons (Fsp3) is 0.200. The van der Waals surface area contributed by atoms with Gasteiger partial charge in [-0.2, -0.15) is 0 Å². The number of nitrogens with zero attached hydrogens (tertiary/aromatic N) is 3. The van der Waals surface area contributed by atoms with Crippen LogP contribution in [0.5, 0.6) is 11.5 Å². The molecule has 0 saturated heterocycles. The van der Waals surface area contributed by atoms with Crippen molar-refractivity contribution >= 4 is 22.6 Å². The zero-order chi connectivity index (χ0) is 14.8. The van der Waals surface area contributed by atoms with Crippen molar-refractivity contribution in [3.8, 4) is 17.2 Å². The summed E-state index contributed by atoms with van der Waals surface area (Å²) in [5.41, 5.74) is 2.63. The summed E-state index contributed by atoms with van der Waals surface area (Å²) in [7, 11) is 3.24. The molecule has 0 fully saturated rings. The molecule has 2 aromatic heterocycles. The summed E-state index contributed by atoms with van der Waals surface area (Å²) in [6, 6.07) is 7.56. The molecule has 0 aliphatic heterocycles. The van der Waals surface area contributed by atoms with Crippen molar-refractivity contribution in [2.24, 2.45) is 0 Å². The third-order valence-corrected chi connectivity index (χ3v) is 3.48. The molecule has 2 heterocycles. The Bertz CT molecular complexity index is 763. The number of pyridine rings is 1. The van der Waals surface area contributed by atoms with E-state index in [4.69, 9.17) is 21.1 Å². The van der Waals surface area contributed by atoms with Crippen molar-refractivity contribution in [3.05, 3.63) is 42.5 Å². The van der Waals surface area contributed by atoms with Crippen LogP contribution >= 0.6 is 11.6 Å². The monoisotopic (exact) mass is 303 g/mol. The lowest BCUT2D eigenvalue weighted by Crippen LogP contribution is -2.00. The molecule has 0 aliphatic carbocycles. The molecule has 0 atom stereocenters. The van der Waals surface area contributed by atoms with Crippen LogP contribution in [-0.2, 0) is 5.88 Å². The lowest BCUT2D eigenvalue weighted by atomic mass is 10.2. The second-order valence-corrected chi connectivity index (χ2v) is 4.70. The van der Waals surface area contributed by atoms with Gasteiger partial charge >= 0.3 is 0 Å². The zero-order valence-electron chi connectivity index (χ0n) is 11.7. The van der Waals surface area contributed by atoms with E-state index in [1.165, 1.54) is 0 Å². The molecule has 21 heavy (non-hydrogen) atoms. The van der Waals surface area contributed by atoms with Crippen LogP contribution in [0.1, 0.15) is 5.82 Å². The molecule has 3 aromatic rings. The minimum absolute atomic E-state index is 0.300. The number of rotatable bonds is 4. The van der Waals surface area contributed by atoms with E-state index in [1.807, 2.05) is 28.8 Å². The van der Waals surface area contributed by atoms with Gasteiger partial charge in [0.25, 0.3) is 0 Å². The lowest BCUT2D eigenvalue weighted by Gasteiger charge is -2.11. The Morgan fingerprint density at radius 2 is 1.86 bits per heavy atom. The molecular formula is C15H14ClN3O2. The van der Waals surface area contributed by atoms with Crippen LogP contribution < -0.4 is 9.47 Å². The van der Waals surface area contributed by atoms with Crippen LogP contribution in [0.3, 0.4) is 0 Å². The second-order valence-electron chi connectivity index (χ2n) is 4.43. The number of halogens is 1. The number of benzene rings is 1. The third-order valence-electron chi connectivity index (χ3n) is 3.24. The number of fused-ring (bicyclic) bond motifs is 1. The first kappa shape index (κ1) is 13.7. The summed E-state index contributed by atoms with van der Waals surface area (Å²) in [4.78, 5) is 8.60. The maximum Gasteiger partial charge on any atom is 0.129 e. The van der Waals surface area contributed by atoms with Crippen LogP contribution in [0.2, 0.25) is 0 Å². The quantitative estimate of drug-likeness (QED) is 0.695. The molecule has 0 radical (unpaired) electrons. The van der Waals surface area contributed by atoms with Gasteiger partial charge in [0, 0.05) is 24.4 Å². The highest BCUT2D eigenvalue weighted by Crippen LogP contribution is 2.29. The van der Waals surface area contributed by atoms with Crippen LogP contribution in [-0.4, -0.2) is 28.8 Å². The number of imidazole rings is 1. The van der Waals surface area contributed by atoms with Crippen molar-refractivity contribution in [1.82, 2.24) is 14.5 Å². The molecular weight excluding hydrogens is 290 g/mol. The molecule has 3 rings (SSSR count). The highest BCUT2D eigenvalue weighted by molar-refractivity contribution is 6.17. The van der Waals surface area contributed by atoms with E-state index in [-0.39, 0.29) is 0 Å². The molecule has 108 valence electrons. The van der Waals surface area contributed by atoms with Crippen LogP contribution in [0, 0.1) is 0 Å². The fourth-order valence-corrected chi connectivity index (χ4v) is 2.46. The van der Waals surface area contributed by atoms with Crippen molar-refractivity contribution in [2.45, 2.75) is 5.88 Å². The van der Waals surface area contributed by atoms with E-state index in [0.29, 0.717) is 17.4 Å². The summed E-state index contributed by atoms with van der Waals surface area (Å²) >= 11 is 6.03. The second kappa shape index (κ2) is 5.61. The molecule has 0 saturated carbocycles. The topological polar surface area (TPSA) is 49.2 Å². The van der Waals surface area contributed by atoms with Gasteiger partial charge in [-0.25, -0.2) is 4.98 Å². The standard InChI is InChI=1S/C15H14ClN3O2/c1-20-11-5-10(6-12(7-11)21-2)19-14-3-4-17-9-13(14)18-15(19)8-16/h3-7,9H,8H2,1-2H3. The normalized spacial score (nSPS) is 10.8. The van der Waals surface area contributed by atoms with Gasteiger partial charge in [0.05, 0.1) is 37.5 Å². The van der Waals surface area contributed by atoms with Gasteiger partial charge in [0.15, 0.2) is 0 Å². The highest BCUT2D eigenvalue weighted by atomic mass is 35.5. The van der Waals surface area contributed by atoms with Crippen LogP contribution in [0.25, 0.3) is 16.7 Å². The van der Waals surface area contributed by atoms with Gasteiger partial charge in [-0.3, -0.25) is 9.55 Å². The van der Waals surface area contributed by atoms with E-state index < -0.39 is 0 Å². The van der Waals surface area contributed by atoms with Crippen molar-refractivity contribution in [1.29, 1.82) is 0 Å². The molecule has 0 N–H and O–H groups in total. The predicted octanol–water partition coefficient (Wildman–Crippen LogP) is 3.18. The number of hydrogen-bond acceptors (Lipinski definition) is 4. The highest BCUT2D eigenvalue weighted by Gasteiger charge is 2.13. The third kappa shape index (κ3) is 2.40. The maximum absolute atomic E-state index is 6.03. The van der Waals surface area contributed by atoms with E-state index in [9.17, 15) is 0 Å². The Kier molecular flexibility index (Phi) is 3.66. The molecule has 1 aromatic carbocycles. The molecule has 0 spiro atoms.